The summed E-state index contributed by atoms with van der Waals surface area (Å²) >= 11 is 0. The molecule has 0 atom stereocenters. The molecule has 108 valence electrons. The van der Waals surface area contributed by atoms with Crippen molar-refractivity contribution in [2.45, 2.75) is 25.3 Å². The molecule has 1 aromatic carbocycles. The summed E-state index contributed by atoms with van der Waals surface area (Å²) < 4.78 is 68.4. The number of anilines is 1. The summed E-state index contributed by atoms with van der Waals surface area (Å²) in [5.41, 5.74) is -1.60. The molecule has 0 unspecified atom stereocenters. The van der Waals surface area contributed by atoms with Gasteiger partial charge in [-0.3, -0.25) is 4.72 Å². The largest absolute Gasteiger partial charge is 0.497 e. The van der Waals surface area contributed by atoms with Gasteiger partial charge in [0.05, 0.1) is 23.6 Å². The second-order valence-electron chi connectivity index (χ2n) is 4.11. The molecule has 0 radical (unpaired) electrons. The molecule has 1 aromatic rings. The van der Waals surface area contributed by atoms with E-state index in [0.717, 1.165) is 12.1 Å². The molecule has 4 nitrogen and oxygen atoms in total. The van der Waals surface area contributed by atoms with Gasteiger partial charge >= 0.3 is 6.18 Å². The van der Waals surface area contributed by atoms with E-state index in [2.05, 4.69) is 0 Å². The quantitative estimate of drug-likeness (QED) is 0.929. The summed E-state index contributed by atoms with van der Waals surface area (Å²) in [5.74, 6) is -0.000167. The van der Waals surface area contributed by atoms with Crippen LogP contribution in [-0.2, 0) is 16.2 Å². The van der Waals surface area contributed by atoms with Gasteiger partial charge in [0.2, 0.25) is 10.0 Å². The van der Waals surface area contributed by atoms with Crippen LogP contribution in [0.2, 0.25) is 0 Å². The van der Waals surface area contributed by atoms with Gasteiger partial charge in [0.1, 0.15) is 5.75 Å². The molecule has 0 fully saturated rings. The van der Waals surface area contributed by atoms with Crippen molar-refractivity contribution in [2.24, 2.45) is 0 Å². The summed E-state index contributed by atoms with van der Waals surface area (Å²) in [6.07, 6.45) is -4.68. The number of hydrogen-bond donors (Lipinski definition) is 1. The predicted molar refractivity (Wildman–Crippen MR) is 65.7 cm³/mol. The van der Waals surface area contributed by atoms with Crippen molar-refractivity contribution in [3.8, 4) is 5.75 Å². The van der Waals surface area contributed by atoms with Crippen LogP contribution in [0.3, 0.4) is 0 Å². The number of benzene rings is 1. The summed E-state index contributed by atoms with van der Waals surface area (Å²) in [6, 6.07) is 3.03. The average Bonchev–Trinajstić information content (AvgIpc) is 2.27. The number of rotatable bonds is 4. The molecule has 0 aliphatic rings. The number of methoxy groups -OCH3 is 1. The van der Waals surface area contributed by atoms with Crippen molar-refractivity contribution < 1.29 is 26.3 Å². The lowest BCUT2D eigenvalue weighted by molar-refractivity contribution is -0.137. The molecule has 0 saturated heterocycles. The third-order valence-corrected chi connectivity index (χ3v) is 4.15. The van der Waals surface area contributed by atoms with Crippen LogP contribution in [0.15, 0.2) is 18.2 Å². The topological polar surface area (TPSA) is 55.4 Å². The molecule has 0 bridgehead atoms. The number of halogens is 3. The normalized spacial score (nSPS) is 12.6. The van der Waals surface area contributed by atoms with Gasteiger partial charge in [0.15, 0.2) is 0 Å². The fourth-order valence-electron chi connectivity index (χ4n) is 1.24. The molecular weight excluding hydrogens is 283 g/mol. The van der Waals surface area contributed by atoms with Crippen LogP contribution >= 0.6 is 0 Å². The zero-order valence-corrected chi connectivity index (χ0v) is 11.4. The molecule has 0 heterocycles. The summed E-state index contributed by atoms with van der Waals surface area (Å²) in [7, 11) is -2.61. The van der Waals surface area contributed by atoms with E-state index in [0.29, 0.717) is 0 Å². The summed E-state index contributed by atoms with van der Waals surface area (Å²) in [6.45, 7) is 2.75. The van der Waals surface area contributed by atoms with E-state index in [1.807, 2.05) is 4.72 Å². The maximum Gasteiger partial charge on any atom is 0.418 e. The molecule has 0 aliphatic carbocycles. The molecule has 0 aliphatic heterocycles. The Hall–Kier alpha value is -1.44. The maximum absolute atomic E-state index is 12.9. The Labute approximate surface area is 109 Å². The number of sulfonamides is 1. The van der Waals surface area contributed by atoms with Gasteiger partial charge in [0.25, 0.3) is 0 Å². The van der Waals surface area contributed by atoms with E-state index in [1.165, 1.54) is 27.0 Å². The maximum atomic E-state index is 12.9. The highest BCUT2D eigenvalue weighted by molar-refractivity contribution is 7.93. The Morgan fingerprint density at radius 2 is 1.84 bits per heavy atom. The van der Waals surface area contributed by atoms with Crippen molar-refractivity contribution in [3.63, 3.8) is 0 Å². The zero-order chi connectivity index (χ0) is 14.8. The highest BCUT2D eigenvalue weighted by atomic mass is 32.2. The fourth-order valence-corrected chi connectivity index (χ4v) is 1.97. The lowest BCUT2D eigenvalue weighted by atomic mass is 10.1. The number of ether oxygens (including phenoxy) is 1. The van der Waals surface area contributed by atoms with Crippen molar-refractivity contribution in [3.05, 3.63) is 23.8 Å². The van der Waals surface area contributed by atoms with E-state index < -0.39 is 32.7 Å². The minimum absolute atomic E-state index is 0.000167. The number of nitrogens with one attached hydrogen (secondary N) is 1. The van der Waals surface area contributed by atoms with Crippen LogP contribution in [0.5, 0.6) is 5.75 Å². The Kier molecular flexibility index (Phi) is 4.34. The first-order valence-electron chi connectivity index (χ1n) is 5.35. The molecule has 0 amide bonds. The first-order chi connectivity index (χ1) is 8.58. The monoisotopic (exact) mass is 297 g/mol. The molecule has 1 rings (SSSR count). The molecule has 0 aromatic heterocycles. The van der Waals surface area contributed by atoms with Crippen molar-refractivity contribution >= 4 is 15.7 Å². The molecule has 0 saturated carbocycles. The summed E-state index contributed by atoms with van der Waals surface area (Å²) in [4.78, 5) is 0. The third-order valence-electron chi connectivity index (χ3n) is 2.40. The van der Waals surface area contributed by atoms with Gasteiger partial charge in [0, 0.05) is 0 Å². The fraction of sp³-hybridized carbons (Fsp3) is 0.455. The van der Waals surface area contributed by atoms with Crippen LogP contribution in [0.4, 0.5) is 18.9 Å². The molecular formula is C11H14F3NO3S. The Morgan fingerprint density at radius 3 is 2.26 bits per heavy atom. The lowest BCUT2D eigenvalue weighted by Crippen LogP contribution is -2.24. The second kappa shape index (κ2) is 5.28. The molecule has 0 spiro atoms. The lowest BCUT2D eigenvalue weighted by Gasteiger charge is -2.17. The Bertz CT molecular complexity index is 553. The molecule has 8 heteroatoms. The highest BCUT2D eigenvalue weighted by Crippen LogP contribution is 2.37. The number of hydrogen-bond acceptors (Lipinski definition) is 3. The first-order valence-corrected chi connectivity index (χ1v) is 6.89. The van der Waals surface area contributed by atoms with Crippen LogP contribution in [-0.4, -0.2) is 20.8 Å². The Morgan fingerprint density at radius 1 is 1.26 bits per heavy atom. The minimum atomic E-state index is -4.68. The van der Waals surface area contributed by atoms with Crippen LogP contribution in [0.25, 0.3) is 0 Å². The minimum Gasteiger partial charge on any atom is -0.497 e. The average molecular weight is 297 g/mol. The van der Waals surface area contributed by atoms with Crippen LogP contribution in [0, 0.1) is 0 Å². The summed E-state index contributed by atoms with van der Waals surface area (Å²) in [5, 5.41) is -0.837. The zero-order valence-electron chi connectivity index (χ0n) is 10.6. The molecule has 19 heavy (non-hydrogen) atoms. The first kappa shape index (κ1) is 15.6. The van der Waals surface area contributed by atoms with Gasteiger partial charge in [-0.15, -0.1) is 0 Å². The number of alkyl halides is 3. The van der Waals surface area contributed by atoms with E-state index in [-0.39, 0.29) is 5.75 Å². The van der Waals surface area contributed by atoms with E-state index in [9.17, 15) is 21.6 Å². The van der Waals surface area contributed by atoms with E-state index in [4.69, 9.17) is 4.74 Å². The van der Waals surface area contributed by atoms with Crippen LogP contribution in [0.1, 0.15) is 19.4 Å². The van der Waals surface area contributed by atoms with Gasteiger partial charge in [-0.2, -0.15) is 13.2 Å². The van der Waals surface area contributed by atoms with E-state index in [1.54, 1.807) is 0 Å². The van der Waals surface area contributed by atoms with Gasteiger partial charge < -0.3 is 4.74 Å². The van der Waals surface area contributed by atoms with Gasteiger partial charge in [-0.25, -0.2) is 8.42 Å². The predicted octanol–water partition coefficient (Wildman–Crippen LogP) is 2.86. The Balaban J connectivity index is 3.29. The van der Waals surface area contributed by atoms with Crippen molar-refractivity contribution in [1.82, 2.24) is 0 Å². The van der Waals surface area contributed by atoms with Crippen LogP contribution < -0.4 is 9.46 Å². The highest BCUT2D eigenvalue weighted by Gasteiger charge is 2.35. The van der Waals surface area contributed by atoms with Gasteiger partial charge in [-0.05, 0) is 32.0 Å². The third kappa shape index (κ3) is 3.76. The molecule has 1 N–H and O–H groups in total. The second-order valence-corrected chi connectivity index (χ2v) is 6.34. The SMILES string of the molecule is COc1ccc(NS(=O)(=O)C(C)C)c(C(F)(F)F)c1. The standard InChI is InChI=1S/C11H14F3NO3S/c1-7(2)19(16,17)15-10-5-4-8(18-3)6-9(10)11(12,13)14/h4-7,15H,1-3H3. The van der Waals surface area contributed by atoms with Crippen molar-refractivity contribution in [2.75, 3.05) is 11.8 Å². The van der Waals surface area contributed by atoms with Gasteiger partial charge in [-0.1, -0.05) is 0 Å². The smallest absolute Gasteiger partial charge is 0.418 e. The van der Waals surface area contributed by atoms with E-state index >= 15 is 0 Å². The van der Waals surface area contributed by atoms with Crippen molar-refractivity contribution in [1.29, 1.82) is 0 Å².